The summed E-state index contributed by atoms with van der Waals surface area (Å²) in [4.78, 5) is 24.5. The van der Waals surface area contributed by atoms with Crippen LogP contribution in [-0.4, -0.2) is 26.2 Å². The van der Waals surface area contributed by atoms with Gasteiger partial charge in [0.15, 0.2) is 5.41 Å². The van der Waals surface area contributed by atoms with Crippen LogP contribution in [0.4, 0.5) is 0 Å². The molecule has 2 saturated carbocycles. The van der Waals surface area contributed by atoms with Crippen LogP contribution in [0.1, 0.15) is 32.1 Å². The standard InChI is InChI=1S/C14H20O4/c1-4-13-7-5-6-10(8-13)9-14(13,11(15)17-2)12(16)18-3/h4,10H,1,5-9H2,2-3H3/t10-,13+/m0/s1. The summed E-state index contributed by atoms with van der Waals surface area (Å²) in [5, 5.41) is 0. The maximum Gasteiger partial charge on any atom is 0.324 e. The van der Waals surface area contributed by atoms with Crippen molar-refractivity contribution in [2.45, 2.75) is 32.1 Å². The minimum Gasteiger partial charge on any atom is -0.468 e. The van der Waals surface area contributed by atoms with Crippen LogP contribution in [0, 0.1) is 16.7 Å². The quantitative estimate of drug-likeness (QED) is 0.438. The molecule has 2 rings (SSSR count). The van der Waals surface area contributed by atoms with Gasteiger partial charge in [0.2, 0.25) is 0 Å². The summed E-state index contributed by atoms with van der Waals surface area (Å²) in [5.74, 6) is -0.563. The molecular formula is C14H20O4. The number of ether oxygens (including phenoxy) is 2. The van der Waals surface area contributed by atoms with Crippen molar-refractivity contribution in [2.24, 2.45) is 16.7 Å². The van der Waals surface area contributed by atoms with Gasteiger partial charge in [0.05, 0.1) is 14.2 Å². The summed E-state index contributed by atoms with van der Waals surface area (Å²) in [5.41, 5.74) is -1.67. The molecule has 2 fully saturated rings. The number of rotatable bonds is 3. The predicted molar refractivity (Wildman–Crippen MR) is 65.7 cm³/mol. The van der Waals surface area contributed by atoms with Crippen molar-refractivity contribution in [3.63, 3.8) is 0 Å². The van der Waals surface area contributed by atoms with Gasteiger partial charge in [0.25, 0.3) is 0 Å². The van der Waals surface area contributed by atoms with Gasteiger partial charge in [-0.1, -0.05) is 18.9 Å². The minimum atomic E-state index is -1.18. The number of allylic oxidation sites excluding steroid dienone is 1. The van der Waals surface area contributed by atoms with E-state index in [4.69, 9.17) is 9.47 Å². The smallest absolute Gasteiger partial charge is 0.324 e. The number of hydrogen-bond donors (Lipinski definition) is 0. The van der Waals surface area contributed by atoms with Gasteiger partial charge < -0.3 is 9.47 Å². The Morgan fingerprint density at radius 1 is 1.22 bits per heavy atom. The fourth-order valence-electron chi connectivity index (χ4n) is 3.99. The number of esters is 2. The highest BCUT2D eigenvalue weighted by Gasteiger charge is 2.67. The normalized spacial score (nSPS) is 32.7. The second-order valence-corrected chi connectivity index (χ2v) is 5.42. The van der Waals surface area contributed by atoms with Crippen molar-refractivity contribution in [2.75, 3.05) is 14.2 Å². The Morgan fingerprint density at radius 3 is 2.33 bits per heavy atom. The highest BCUT2D eigenvalue weighted by Crippen LogP contribution is 2.63. The molecule has 2 aliphatic rings. The van der Waals surface area contributed by atoms with E-state index >= 15 is 0 Å². The van der Waals surface area contributed by atoms with Crippen molar-refractivity contribution in [3.05, 3.63) is 12.7 Å². The van der Waals surface area contributed by atoms with Gasteiger partial charge in [-0.3, -0.25) is 9.59 Å². The summed E-state index contributed by atoms with van der Waals surface area (Å²) < 4.78 is 9.82. The predicted octanol–water partition coefficient (Wildman–Crippen LogP) is 2.09. The van der Waals surface area contributed by atoms with Gasteiger partial charge in [0.1, 0.15) is 0 Å². The van der Waals surface area contributed by atoms with Crippen LogP contribution < -0.4 is 0 Å². The molecule has 2 bridgehead atoms. The van der Waals surface area contributed by atoms with Crippen LogP contribution >= 0.6 is 0 Å². The first-order valence-corrected chi connectivity index (χ1v) is 6.37. The van der Waals surface area contributed by atoms with Gasteiger partial charge in [-0.15, -0.1) is 6.58 Å². The molecule has 2 atom stereocenters. The second kappa shape index (κ2) is 4.41. The van der Waals surface area contributed by atoms with Crippen molar-refractivity contribution < 1.29 is 19.1 Å². The first-order valence-electron chi connectivity index (χ1n) is 6.37. The molecule has 2 aliphatic carbocycles. The summed E-state index contributed by atoms with van der Waals surface area (Å²) >= 11 is 0. The highest BCUT2D eigenvalue weighted by molar-refractivity contribution is 6.02. The van der Waals surface area contributed by atoms with E-state index in [1.807, 2.05) is 0 Å². The molecule has 0 aromatic heterocycles. The average Bonchev–Trinajstić information content (AvgIpc) is 2.65. The molecule has 0 N–H and O–H groups in total. The zero-order valence-electron chi connectivity index (χ0n) is 11.0. The van der Waals surface area contributed by atoms with E-state index in [1.165, 1.54) is 14.2 Å². The Labute approximate surface area is 107 Å². The van der Waals surface area contributed by atoms with Crippen LogP contribution in [0.15, 0.2) is 12.7 Å². The van der Waals surface area contributed by atoms with Crippen molar-refractivity contribution >= 4 is 11.9 Å². The lowest BCUT2D eigenvalue weighted by Gasteiger charge is -2.40. The van der Waals surface area contributed by atoms with E-state index in [2.05, 4.69) is 6.58 Å². The third-order valence-electron chi connectivity index (χ3n) is 4.79. The lowest BCUT2D eigenvalue weighted by atomic mass is 9.62. The summed E-state index contributed by atoms with van der Waals surface area (Å²) in [7, 11) is 2.65. The zero-order chi connectivity index (χ0) is 13.4. The Kier molecular flexibility index (Phi) is 3.21. The van der Waals surface area contributed by atoms with Crippen LogP contribution in [-0.2, 0) is 19.1 Å². The number of methoxy groups -OCH3 is 2. The molecule has 0 aromatic carbocycles. The Balaban J connectivity index is 2.55. The van der Waals surface area contributed by atoms with Crippen molar-refractivity contribution in [1.82, 2.24) is 0 Å². The topological polar surface area (TPSA) is 52.6 Å². The third-order valence-corrected chi connectivity index (χ3v) is 4.79. The number of carbonyl (C=O) groups excluding carboxylic acids is 2. The molecule has 4 heteroatoms. The van der Waals surface area contributed by atoms with E-state index in [0.717, 1.165) is 25.7 Å². The van der Waals surface area contributed by atoms with E-state index in [-0.39, 0.29) is 0 Å². The van der Waals surface area contributed by atoms with Gasteiger partial charge in [-0.2, -0.15) is 0 Å². The van der Waals surface area contributed by atoms with Gasteiger partial charge in [-0.25, -0.2) is 0 Å². The maximum atomic E-state index is 12.3. The molecule has 0 unspecified atom stereocenters. The molecule has 0 radical (unpaired) electrons. The molecule has 4 nitrogen and oxygen atoms in total. The molecule has 0 amide bonds. The fraction of sp³-hybridized carbons (Fsp3) is 0.714. The van der Waals surface area contributed by atoms with Crippen LogP contribution in [0.2, 0.25) is 0 Å². The summed E-state index contributed by atoms with van der Waals surface area (Å²) in [6.45, 7) is 3.87. The van der Waals surface area contributed by atoms with E-state index in [1.54, 1.807) is 6.08 Å². The van der Waals surface area contributed by atoms with E-state index < -0.39 is 22.8 Å². The highest BCUT2D eigenvalue weighted by atomic mass is 16.5. The molecule has 0 aromatic rings. The Morgan fingerprint density at radius 2 is 1.83 bits per heavy atom. The summed E-state index contributed by atoms with van der Waals surface area (Å²) in [6.07, 6.45) is 6.02. The lowest BCUT2D eigenvalue weighted by Crippen LogP contribution is -2.50. The van der Waals surface area contributed by atoms with Crippen molar-refractivity contribution in [1.29, 1.82) is 0 Å². The monoisotopic (exact) mass is 252 g/mol. The lowest BCUT2D eigenvalue weighted by molar-refractivity contribution is -0.176. The number of hydrogen-bond acceptors (Lipinski definition) is 4. The molecule has 0 spiro atoms. The first kappa shape index (κ1) is 13.1. The molecular weight excluding hydrogens is 232 g/mol. The first-order chi connectivity index (χ1) is 8.56. The Hall–Kier alpha value is -1.32. The molecule has 0 heterocycles. The number of fused-ring (bicyclic) bond motifs is 2. The average molecular weight is 252 g/mol. The maximum absolute atomic E-state index is 12.3. The zero-order valence-corrected chi connectivity index (χ0v) is 11.0. The van der Waals surface area contributed by atoms with E-state index in [9.17, 15) is 9.59 Å². The second-order valence-electron chi connectivity index (χ2n) is 5.42. The van der Waals surface area contributed by atoms with Crippen molar-refractivity contribution in [3.8, 4) is 0 Å². The van der Waals surface area contributed by atoms with Gasteiger partial charge >= 0.3 is 11.9 Å². The van der Waals surface area contributed by atoms with Crippen LogP contribution in [0.3, 0.4) is 0 Å². The third kappa shape index (κ3) is 1.44. The fourth-order valence-corrected chi connectivity index (χ4v) is 3.99. The SMILES string of the molecule is C=C[C@]12CCC[C@H](CC1(C(=O)OC)C(=O)OC)C2. The van der Waals surface area contributed by atoms with Crippen LogP contribution in [0.5, 0.6) is 0 Å². The van der Waals surface area contributed by atoms with Crippen LogP contribution in [0.25, 0.3) is 0 Å². The Bertz CT molecular complexity index is 371. The molecule has 0 saturated heterocycles. The van der Waals surface area contributed by atoms with Gasteiger partial charge in [0, 0.05) is 5.41 Å². The largest absolute Gasteiger partial charge is 0.468 e. The van der Waals surface area contributed by atoms with Gasteiger partial charge in [-0.05, 0) is 25.2 Å². The molecule has 18 heavy (non-hydrogen) atoms. The summed E-state index contributed by atoms with van der Waals surface area (Å²) in [6, 6.07) is 0. The van der Waals surface area contributed by atoms with E-state index in [0.29, 0.717) is 12.3 Å². The minimum absolute atomic E-state index is 0.384. The molecule has 100 valence electrons. The molecule has 0 aliphatic heterocycles. The number of carbonyl (C=O) groups is 2.